The summed E-state index contributed by atoms with van der Waals surface area (Å²) in [7, 11) is 0. The molecule has 0 aromatic rings. The summed E-state index contributed by atoms with van der Waals surface area (Å²) in [4.78, 5) is 12.0. The van der Waals surface area contributed by atoms with Crippen molar-refractivity contribution in [3.05, 3.63) is 0 Å². The van der Waals surface area contributed by atoms with Crippen LogP contribution in [-0.2, 0) is 14.3 Å². The van der Waals surface area contributed by atoms with Crippen molar-refractivity contribution < 1.29 is 14.3 Å². The number of cyclic esters (lactones) is 1. The van der Waals surface area contributed by atoms with E-state index in [-0.39, 0.29) is 18.2 Å². The fourth-order valence-corrected chi connectivity index (χ4v) is 3.03. The minimum Gasteiger partial charge on any atom is -0.459 e. The van der Waals surface area contributed by atoms with Gasteiger partial charge in [0.2, 0.25) is 0 Å². The fourth-order valence-electron chi connectivity index (χ4n) is 3.03. The van der Waals surface area contributed by atoms with E-state index in [9.17, 15) is 4.79 Å². The molecule has 2 N–H and O–H groups in total. The molecule has 0 aromatic heterocycles. The largest absolute Gasteiger partial charge is 0.459 e. The zero-order valence-corrected chi connectivity index (χ0v) is 14.1. The Morgan fingerprint density at radius 1 is 1.33 bits per heavy atom. The van der Waals surface area contributed by atoms with Crippen LogP contribution in [0.3, 0.4) is 0 Å². The second-order valence-corrected chi connectivity index (χ2v) is 6.77. The topological polar surface area (TPSA) is 61.6 Å². The van der Waals surface area contributed by atoms with E-state index in [1.54, 1.807) is 0 Å². The number of hydrogen-bond acceptors (Lipinski definition) is 4. The zero-order chi connectivity index (χ0) is 15.8. The van der Waals surface area contributed by atoms with Gasteiger partial charge < -0.3 is 15.2 Å². The summed E-state index contributed by atoms with van der Waals surface area (Å²) >= 11 is 0. The van der Waals surface area contributed by atoms with Crippen molar-refractivity contribution in [2.75, 3.05) is 6.61 Å². The summed E-state index contributed by atoms with van der Waals surface area (Å²) in [5, 5.41) is 0. The first-order chi connectivity index (χ1) is 9.95. The molecule has 1 rings (SSSR count). The molecular formula is C17H33NO3. The van der Waals surface area contributed by atoms with Crippen LogP contribution in [0.1, 0.15) is 66.2 Å². The van der Waals surface area contributed by atoms with Crippen LogP contribution in [-0.4, -0.2) is 30.8 Å². The number of hydrogen-bond donors (Lipinski definition) is 1. The summed E-state index contributed by atoms with van der Waals surface area (Å²) in [5.74, 6) is 0.663. The van der Waals surface area contributed by atoms with Crippen molar-refractivity contribution in [1.29, 1.82) is 0 Å². The lowest BCUT2D eigenvalue weighted by Crippen LogP contribution is -2.43. The third-order valence-electron chi connectivity index (χ3n) is 4.15. The van der Waals surface area contributed by atoms with Gasteiger partial charge >= 0.3 is 5.97 Å². The summed E-state index contributed by atoms with van der Waals surface area (Å²) < 4.78 is 11.7. The molecule has 0 aromatic carbocycles. The molecule has 0 saturated carbocycles. The van der Waals surface area contributed by atoms with Crippen molar-refractivity contribution in [3.63, 3.8) is 0 Å². The van der Waals surface area contributed by atoms with Gasteiger partial charge in [-0.3, -0.25) is 4.79 Å². The quantitative estimate of drug-likeness (QED) is 0.791. The predicted molar refractivity (Wildman–Crippen MR) is 85.0 cm³/mol. The van der Waals surface area contributed by atoms with Crippen LogP contribution in [0.2, 0.25) is 0 Å². The van der Waals surface area contributed by atoms with E-state index < -0.39 is 6.04 Å². The van der Waals surface area contributed by atoms with Crippen LogP contribution >= 0.6 is 0 Å². The molecule has 4 nitrogen and oxygen atoms in total. The molecule has 4 atom stereocenters. The highest BCUT2D eigenvalue weighted by atomic mass is 16.6. The molecule has 21 heavy (non-hydrogen) atoms. The first-order valence-electron chi connectivity index (χ1n) is 8.53. The number of ether oxygens (including phenoxy) is 2. The third-order valence-corrected chi connectivity index (χ3v) is 4.15. The number of carbonyl (C=O) groups excluding carboxylic acids is 1. The van der Waals surface area contributed by atoms with Gasteiger partial charge in [0.25, 0.3) is 0 Å². The van der Waals surface area contributed by atoms with Gasteiger partial charge in [0.15, 0.2) is 0 Å². The van der Waals surface area contributed by atoms with Crippen LogP contribution in [0.4, 0.5) is 0 Å². The lowest BCUT2D eigenvalue weighted by Gasteiger charge is -2.33. The molecule has 0 aliphatic carbocycles. The highest BCUT2D eigenvalue weighted by Gasteiger charge is 2.32. The van der Waals surface area contributed by atoms with Crippen molar-refractivity contribution in [2.24, 2.45) is 17.6 Å². The summed E-state index contributed by atoms with van der Waals surface area (Å²) in [6, 6.07) is -0.485. The van der Waals surface area contributed by atoms with E-state index >= 15 is 0 Å². The molecule has 1 heterocycles. The molecule has 1 fully saturated rings. The average molecular weight is 299 g/mol. The van der Waals surface area contributed by atoms with Gasteiger partial charge in [0.05, 0.1) is 6.10 Å². The standard InChI is InChI=1S/C17H33NO3/c1-5-8-14-9-6-7-10-15(18)17(19)21-13(4)16(14)20-11-12(2)3/h12-16H,5-11,18H2,1-4H3/t13-,14-,15-,16-/m0/s1. The van der Waals surface area contributed by atoms with Gasteiger partial charge in [-0.1, -0.05) is 40.0 Å². The maximum Gasteiger partial charge on any atom is 0.323 e. The lowest BCUT2D eigenvalue weighted by atomic mass is 9.87. The maximum absolute atomic E-state index is 12.0. The molecule has 0 unspecified atom stereocenters. The Morgan fingerprint density at radius 3 is 2.62 bits per heavy atom. The first-order valence-corrected chi connectivity index (χ1v) is 8.53. The number of nitrogens with two attached hydrogens (primary N) is 1. The average Bonchev–Trinajstić information content (AvgIpc) is 2.41. The van der Waals surface area contributed by atoms with Gasteiger partial charge in [-0.25, -0.2) is 0 Å². The van der Waals surface area contributed by atoms with Crippen molar-refractivity contribution in [1.82, 2.24) is 0 Å². The molecule has 1 saturated heterocycles. The van der Waals surface area contributed by atoms with Gasteiger partial charge in [-0.2, -0.15) is 0 Å². The molecule has 0 radical (unpaired) electrons. The third kappa shape index (κ3) is 6.35. The molecule has 0 spiro atoms. The Morgan fingerprint density at radius 2 is 2.00 bits per heavy atom. The lowest BCUT2D eigenvalue weighted by molar-refractivity contribution is -0.163. The Kier molecular flexibility index (Phi) is 8.27. The zero-order valence-electron chi connectivity index (χ0n) is 14.1. The van der Waals surface area contributed by atoms with Gasteiger partial charge in [-0.15, -0.1) is 0 Å². The van der Waals surface area contributed by atoms with E-state index in [0.717, 1.165) is 38.5 Å². The van der Waals surface area contributed by atoms with Crippen molar-refractivity contribution in [2.45, 2.75) is 84.5 Å². The molecular weight excluding hydrogens is 266 g/mol. The minimum absolute atomic E-state index is 0.0124. The number of esters is 1. The number of rotatable bonds is 5. The van der Waals surface area contributed by atoms with E-state index in [1.165, 1.54) is 0 Å². The fraction of sp³-hybridized carbons (Fsp3) is 0.941. The van der Waals surface area contributed by atoms with Crippen LogP contribution in [0.5, 0.6) is 0 Å². The monoisotopic (exact) mass is 299 g/mol. The van der Waals surface area contributed by atoms with E-state index in [1.807, 2.05) is 6.92 Å². The van der Waals surface area contributed by atoms with E-state index in [4.69, 9.17) is 15.2 Å². The smallest absolute Gasteiger partial charge is 0.323 e. The van der Waals surface area contributed by atoms with Crippen LogP contribution in [0.25, 0.3) is 0 Å². The Labute approximate surface area is 129 Å². The summed E-state index contributed by atoms with van der Waals surface area (Å²) in [6.07, 6.45) is 5.97. The number of carbonyl (C=O) groups is 1. The molecule has 4 heteroatoms. The van der Waals surface area contributed by atoms with Crippen molar-refractivity contribution >= 4 is 5.97 Å². The highest BCUT2D eigenvalue weighted by Crippen LogP contribution is 2.27. The molecule has 0 amide bonds. The normalized spacial score (nSPS) is 32.0. The Balaban J connectivity index is 2.80. The van der Waals surface area contributed by atoms with Crippen LogP contribution in [0.15, 0.2) is 0 Å². The van der Waals surface area contributed by atoms with Gasteiger partial charge in [0.1, 0.15) is 12.1 Å². The molecule has 1 aliphatic rings. The highest BCUT2D eigenvalue weighted by molar-refractivity contribution is 5.75. The Hall–Kier alpha value is -0.610. The van der Waals surface area contributed by atoms with Crippen LogP contribution in [0, 0.1) is 11.8 Å². The van der Waals surface area contributed by atoms with Crippen molar-refractivity contribution in [3.8, 4) is 0 Å². The summed E-state index contributed by atoms with van der Waals surface area (Å²) in [5.41, 5.74) is 5.88. The van der Waals surface area contributed by atoms with E-state index in [2.05, 4.69) is 20.8 Å². The van der Waals surface area contributed by atoms with Crippen LogP contribution < -0.4 is 5.73 Å². The van der Waals surface area contributed by atoms with Gasteiger partial charge in [-0.05, 0) is 38.0 Å². The van der Waals surface area contributed by atoms with E-state index in [0.29, 0.717) is 18.4 Å². The predicted octanol–water partition coefficient (Wildman–Crippen LogP) is 3.28. The molecule has 0 bridgehead atoms. The SMILES string of the molecule is CCC[C@H]1CCCC[C@H](N)C(=O)O[C@@H](C)[C@@H]1OCC(C)C. The first kappa shape index (κ1) is 18.4. The minimum atomic E-state index is -0.485. The van der Waals surface area contributed by atoms with Gasteiger partial charge in [0, 0.05) is 6.61 Å². The maximum atomic E-state index is 12.0. The second kappa shape index (κ2) is 9.42. The molecule has 124 valence electrons. The molecule has 1 aliphatic heterocycles. The second-order valence-electron chi connectivity index (χ2n) is 6.77. The Bertz CT molecular complexity index is 306. The summed E-state index contributed by atoms with van der Waals surface area (Å²) in [6.45, 7) is 9.13.